The lowest BCUT2D eigenvalue weighted by Crippen LogP contribution is -2.06. The zero-order chi connectivity index (χ0) is 18.0. The van der Waals surface area contributed by atoms with Crippen LogP contribution in [-0.2, 0) is 9.53 Å². The lowest BCUT2D eigenvalue weighted by Gasteiger charge is -2.03. The first-order valence-electron chi connectivity index (χ1n) is 7.09. The van der Waals surface area contributed by atoms with Crippen molar-refractivity contribution in [3.63, 3.8) is 0 Å². The molecule has 25 heavy (non-hydrogen) atoms. The number of esters is 1. The molecule has 0 radical (unpaired) electrons. The molecule has 0 spiro atoms. The molecule has 0 bridgehead atoms. The molecule has 0 unspecified atom stereocenters. The summed E-state index contributed by atoms with van der Waals surface area (Å²) >= 11 is 0. The van der Waals surface area contributed by atoms with Crippen LogP contribution in [0.1, 0.15) is 11.1 Å². The van der Waals surface area contributed by atoms with Crippen molar-refractivity contribution in [2.75, 3.05) is 7.11 Å². The number of halogens is 1. The van der Waals surface area contributed by atoms with Gasteiger partial charge in [0.2, 0.25) is 5.90 Å². The van der Waals surface area contributed by atoms with Crippen molar-refractivity contribution in [3.8, 4) is 5.75 Å². The van der Waals surface area contributed by atoms with E-state index in [0.29, 0.717) is 0 Å². The standard InChI is InChI=1S/C17H11FN2O5/c1-24-15-7-6-11(9-14(15)20(22)23)16-19-13(17(21)25-16)8-10-4-2-3-5-12(10)18/h2-9H,1H3. The second kappa shape index (κ2) is 6.52. The van der Waals surface area contributed by atoms with Crippen molar-refractivity contribution in [3.05, 3.63) is 75.2 Å². The minimum atomic E-state index is -0.767. The van der Waals surface area contributed by atoms with Crippen LogP contribution in [-0.4, -0.2) is 23.9 Å². The Morgan fingerprint density at radius 1 is 1.28 bits per heavy atom. The number of cyclic esters (lactones) is 1. The zero-order valence-corrected chi connectivity index (χ0v) is 12.9. The van der Waals surface area contributed by atoms with Gasteiger partial charge in [0.15, 0.2) is 11.4 Å². The van der Waals surface area contributed by atoms with Crippen LogP contribution in [0.25, 0.3) is 6.08 Å². The smallest absolute Gasteiger partial charge is 0.363 e. The average molecular weight is 342 g/mol. The summed E-state index contributed by atoms with van der Waals surface area (Å²) in [6, 6.07) is 9.93. The highest BCUT2D eigenvalue weighted by atomic mass is 19.1. The van der Waals surface area contributed by atoms with Crippen LogP contribution in [0.4, 0.5) is 10.1 Å². The number of nitro groups is 1. The van der Waals surface area contributed by atoms with E-state index in [1.54, 1.807) is 6.07 Å². The first-order chi connectivity index (χ1) is 12.0. The second-order valence-electron chi connectivity index (χ2n) is 5.00. The summed E-state index contributed by atoms with van der Waals surface area (Å²) < 4.78 is 23.6. The molecular formula is C17H11FN2O5. The Balaban J connectivity index is 1.99. The maximum Gasteiger partial charge on any atom is 0.363 e. The van der Waals surface area contributed by atoms with Gasteiger partial charge in [0.05, 0.1) is 12.0 Å². The van der Waals surface area contributed by atoms with E-state index in [-0.39, 0.29) is 34.2 Å². The Morgan fingerprint density at radius 3 is 2.72 bits per heavy atom. The van der Waals surface area contributed by atoms with Crippen molar-refractivity contribution < 1.29 is 23.6 Å². The number of aliphatic imine (C=N–C) groups is 1. The summed E-state index contributed by atoms with van der Waals surface area (Å²) in [5.41, 5.74) is 0.0294. The minimum absolute atomic E-state index is 0.0702. The van der Waals surface area contributed by atoms with Crippen LogP contribution >= 0.6 is 0 Å². The van der Waals surface area contributed by atoms with E-state index < -0.39 is 16.7 Å². The topological polar surface area (TPSA) is 91.0 Å². The third-order valence-electron chi connectivity index (χ3n) is 3.44. The van der Waals surface area contributed by atoms with E-state index in [2.05, 4.69) is 4.99 Å². The first kappa shape index (κ1) is 16.3. The molecule has 0 N–H and O–H groups in total. The number of ether oxygens (including phenoxy) is 2. The third-order valence-corrected chi connectivity index (χ3v) is 3.44. The van der Waals surface area contributed by atoms with Crippen molar-refractivity contribution in [2.45, 2.75) is 0 Å². The van der Waals surface area contributed by atoms with Gasteiger partial charge in [0.1, 0.15) is 5.82 Å². The number of nitro benzene ring substituents is 1. The van der Waals surface area contributed by atoms with Gasteiger partial charge in [-0.25, -0.2) is 14.2 Å². The Hall–Kier alpha value is -3.55. The molecule has 0 saturated carbocycles. The maximum absolute atomic E-state index is 13.7. The zero-order valence-electron chi connectivity index (χ0n) is 12.9. The third kappa shape index (κ3) is 3.23. The molecule has 0 aliphatic carbocycles. The molecule has 3 rings (SSSR count). The van der Waals surface area contributed by atoms with Gasteiger partial charge in [0.25, 0.3) is 0 Å². The molecule has 8 heteroatoms. The number of carbonyl (C=O) groups is 1. The van der Waals surface area contributed by atoms with E-state index in [1.807, 2.05) is 0 Å². The van der Waals surface area contributed by atoms with Crippen LogP contribution in [0.2, 0.25) is 0 Å². The molecule has 0 saturated heterocycles. The fourth-order valence-corrected chi connectivity index (χ4v) is 2.24. The number of rotatable bonds is 4. The molecule has 2 aromatic carbocycles. The number of nitrogens with zero attached hydrogens (tertiary/aromatic N) is 2. The Morgan fingerprint density at radius 2 is 2.04 bits per heavy atom. The summed E-state index contributed by atoms with van der Waals surface area (Å²) in [7, 11) is 1.31. The fourth-order valence-electron chi connectivity index (χ4n) is 2.24. The summed E-state index contributed by atoms with van der Waals surface area (Å²) in [5, 5.41) is 11.1. The maximum atomic E-state index is 13.7. The van der Waals surface area contributed by atoms with Gasteiger partial charge < -0.3 is 9.47 Å². The first-order valence-corrected chi connectivity index (χ1v) is 7.09. The van der Waals surface area contributed by atoms with E-state index in [9.17, 15) is 19.3 Å². The summed E-state index contributed by atoms with van der Waals surface area (Å²) in [4.78, 5) is 26.4. The second-order valence-corrected chi connectivity index (χ2v) is 5.00. The highest BCUT2D eigenvalue weighted by Crippen LogP contribution is 2.29. The molecule has 2 aromatic rings. The van der Waals surface area contributed by atoms with E-state index in [4.69, 9.17) is 9.47 Å². The lowest BCUT2D eigenvalue weighted by molar-refractivity contribution is -0.385. The lowest BCUT2D eigenvalue weighted by atomic mass is 10.2. The van der Waals surface area contributed by atoms with E-state index >= 15 is 0 Å². The van der Waals surface area contributed by atoms with Gasteiger partial charge in [-0.15, -0.1) is 0 Å². The predicted octanol–water partition coefficient (Wildman–Crippen LogP) is 3.09. The van der Waals surface area contributed by atoms with Gasteiger partial charge in [-0.1, -0.05) is 18.2 Å². The summed E-state index contributed by atoms with van der Waals surface area (Å²) in [6.07, 6.45) is 1.25. The van der Waals surface area contributed by atoms with Gasteiger partial charge in [-0.2, -0.15) is 0 Å². The normalized spacial score (nSPS) is 15.0. The molecule has 1 heterocycles. The summed E-state index contributed by atoms with van der Waals surface area (Å²) in [6.45, 7) is 0. The molecular weight excluding hydrogens is 331 g/mol. The van der Waals surface area contributed by atoms with Gasteiger partial charge in [-0.3, -0.25) is 10.1 Å². The highest BCUT2D eigenvalue weighted by molar-refractivity contribution is 6.13. The number of benzene rings is 2. The quantitative estimate of drug-likeness (QED) is 0.368. The van der Waals surface area contributed by atoms with Crippen LogP contribution in [0, 0.1) is 15.9 Å². The van der Waals surface area contributed by atoms with Crippen LogP contribution in [0.15, 0.2) is 53.2 Å². The number of carbonyl (C=O) groups excluding carboxylic acids is 1. The SMILES string of the molecule is COc1ccc(C2=NC(=Cc3ccccc3F)C(=O)O2)cc1[N+](=O)[O-]. The molecule has 0 aromatic heterocycles. The van der Waals surface area contributed by atoms with Gasteiger partial charge in [0, 0.05) is 17.2 Å². The van der Waals surface area contributed by atoms with Crippen molar-refractivity contribution in [2.24, 2.45) is 4.99 Å². The molecule has 7 nitrogen and oxygen atoms in total. The van der Waals surface area contributed by atoms with E-state index in [0.717, 1.165) is 0 Å². The highest BCUT2D eigenvalue weighted by Gasteiger charge is 2.26. The Kier molecular flexibility index (Phi) is 4.25. The summed E-state index contributed by atoms with van der Waals surface area (Å²) in [5.74, 6) is -1.30. The predicted molar refractivity (Wildman–Crippen MR) is 86.7 cm³/mol. The van der Waals surface area contributed by atoms with E-state index in [1.165, 1.54) is 49.6 Å². The van der Waals surface area contributed by atoms with Gasteiger partial charge in [-0.05, 0) is 24.3 Å². The molecule has 0 amide bonds. The van der Waals surface area contributed by atoms with Crippen molar-refractivity contribution in [1.82, 2.24) is 0 Å². The number of hydrogen-bond acceptors (Lipinski definition) is 6. The molecule has 0 fully saturated rings. The molecule has 0 atom stereocenters. The average Bonchev–Trinajstić information content (AvgIpc) is 2.97. The van der Waals surface area contributed by atoms with Crippen LogP contribution < -0.4 is 4.74 Å². The fraction of sp³-hybridized carbons (Fsp3) is 0.0588. The monoisotopic (exact) mass is 342 g/mol. The van der Waals surface area contributed by atoms with Gasteiger partial charge >= 0.3 is 11.7 Å². The van der Waals surface area contributed by atoms with Crippen LogP contribution in [0.3, 0.4) is 0 Å². The largest absolute Gasteiger partial charge is 0.490 e. The molecule has 1 aliphatic rings. The molecule has 126 valence electrons. The molecule has 1 aliphatic heterocycles. The van der Waals surface area contributed by atoms with Crippen molar-refractivity contribution >= 4 is 23.6 Å². The van der Waals surface area contributed by atoms with Crippen LogP contribution in [0.5, 0.6) is 5.75 Å². The Labute approximate surface area is 141 Å². The minimum Gasteiger partial charge on any atom is -0.490 e. The Bertz CT molecular complexity index is 936. The number of methoxy groups -OCH3 is 1. The van der Waals surface area contributed by atoms with Crippen molar-refractivity contribution in [1.29, 1.82) is 0 Å². The number of hydrogen-bond donors (Lipinski definition) is 0.